The van der Waals surface area contributed by atoms with E-state index in [9.17, 15) is 22.0 Å². The van der Waals surface area contributed by atoms with E-state index in [1.807, 2.05) is 0 Å². The standard InChI is InChI=1S/C15H18F5N/c1-21-14(10-6-12(16)8-13(17)7-10)9-3-2-4-11(5-9)15(18,19)20/h6-9,11,14,21H,2-5H2,1H3. The Kier molecular flexibility index (Phi) is 4.86. The summed E-state index contributed by atoms with van der Waals surface area (Å²) in [5.74, 6) is -3.04. The molecule has 2 rings (SSSR count). The summed E-state index contributed by atoms with van der Waals surface area (Å²) < 4.78 is 65.2. The molecule has 1 nitrogen and oxygen atoms in total. The van der Waals surface area contributed by atoms with Gasteiger partial charge in [-0.05, 0) is 49.9 Å². The van der Waals surface area contributed by atoms with Crippen molar-refractivity contribution in [3.05, 3.63) is 35.4 Å². The van der Waals surface area contributed by atoms with E-state index < -0.39 is 29.8 Å². The van der Waals surface area contributed by atoms with Crippen molar-refractivity contribution in [3.8, 4) is 0 Å². The van der Waals surface area contributed by atoms with Gasteiger partial charge in [0, 0.05) is 12.1 Å². The lowest BCUT2D eigenvalue weighted by atomic mass is 9.75. The smallest absolute Gasteiger partial charge is 0.313 e. The molecule has 1 saturated carbocycles. The van der Waals surface area contributed by atoms with Gasteiger partial charge < -0.3 is 5.32 Å². The quantitative estimate of drug-likeness (QED) is 0.805. The molecule has 0 amide bonds. The second kappa shape index (κ2) is 6.30. The fourth-order valence-electron chi connectivity index (χ4n) is 3.26. The fraction of sp³-hybridized carbons (Fsp3) is 0.600. The molecule has 0 heterocycles. The zero-order valence-electron chi connectivity index (χ0n) is 11.7. The number of hydrogen-bond donors (Lipinski definition) is 1. The van der Waals surface area contributed by atoms with Crippen LogP contribution in [0.25, 0.3) is 0 Å². The van der Waals surface area contributed by atoms with Gasteiger partial charge in [0.1, 0.15) is 11.6 Å². The third kappa shape index (κ3) is 3.93. The Morgan fingerprint density at radius 1 is 1.10 bits per heavy atom. The molecule has 3 atom stereocenters. The van der Waals surface area contributed by atoms with Crippen LogP contribution in [0, 0.1) is 23.5 Å². The van der Waals surface area contributed by atoms with Gasteiger partial charge in [-0.1, -0.05) is 6.42 Å². The Morgan fingerprint density at radius 3 is 2.24 bits per heavy atom. The van der Waals surface area contributed by atoms with Crippen molar-refractivity contribution in [1.82, 2.24) is 5.32 Å². The number of nitrogens with one attached hydrogen (secondary N) is 1. The second-order valence-electron chi connectivity index (χ2n) is 5.63. The van der Waals surface area contributed by atoms with Gasteiger partial charge in [-0.3, -0.25) is 0 Å². The molecule has 0 spiro atoms. The molecule has 1 aliphatic rings. The van der Waals surface area contributed by atoms with Gasteiger partial charge >= 0.3 is 6.18 Å². The molecular weight excluding hydrogens is 289 g/mol. The molecule has 1 aliphatic carbocycles. The highest BCUT2D eigenvalue weighted by Gasteiger charge is 2.43. The van der Waals surface area contributed by atoms with Crippen LogP contribution in [0.3, 0.4) is 0 Å². The predicted molar refractivity (Wildman–Crippen MR) is 69.7 cm³/mol. The zero-order valence-corrected chi connectivity index (χ0v) is 11.7. The van der Waals surface area contributed by atoms with Crippen molar-refractivity contribution in [1.29, 1.82) is 0 Å². The Labute approximate surface area is 120 Å². The Morgan fingerprint density at radius 2 is 1.71 bits per heavy atom. The molecule has 6 heteroatoms. The first kappa shape index (κ1) is 16.2. The van der Waals surface area contributed by atoms with Crippen LogP contribution in [0.4, 0.5) is 22.0 Å². The van der Waals surface area contributed by atoms with Crippen LogP contribution in [0.2, 0.25) is 0 Å². The van der Waals surface area contributed by atoms with Gasteiger partial charge in [-0.2, -0.15) is 13.2 Å². The molecular formula is C15H18F5N. The largest absolute Gasteiger partial charge is 0.391 e. The maximum absolute atomic E-state index is 13.3. The Balaban J connectivity index is 2.20. The molecule has 3 unspecified atom stereocenters. The average Bonchev–Trinajstić information content (AvgIpc) is 2.38. The maximum Gasteiger partial charge on any atom is 0.391 e. The van der Waals surface area contributed by atoms with Gasteiger partial charge in [0.25, 0.3) is 0 Å². The van der Waals surface area contributed by atoms with Crippen molar-refractivity contribution in [2.75, 3.05) is 7.05 Å². The summed E-state index contributed by atoms with van der Waals surface area (Å²) in [6, 6.07) is 2.65. The van der Waals surface area contributed by atoms with Gasteiger partial charge in [-0.25, -0.2) is 8.78 Å². The number of rotatable bonds is 3. The van der Waals surface area contributed by atoms with E-state index in [0.717, 1.165) is 6.07 Å². The SMILES string of the molecule is CNC(c1cc(F)cc(F)c1)C1CCCC(C(F)(F)F)C1. The lowest BCUT2D eigenvalue weighted by Crippen LogP contribution is -2.34. The first-order valence-corrected chi connectivity index (χ1v) is 7.01. The number of benzene rings is 1. The van der Waals surface area contributed by atoms with Crippen molar-refractivity contribution >= 4 is 0 Å². The lowest BCUT2D eigenvalue weighted by Gasteiger charge is -2.35. The molecule has 1 aromatic rings. The third-order valence-electron chi connectivity index (χ3n) is 4.20. The Hall–Kier alpha value is -1.17. The summed E-state index contributed by atoms with van der Waals surface area (Å²) in [7, 11) is 1.60. The minimum absolute atomic E-state index is 0.00681. The highest BCUT2D eigenvalue weighted by Crippen LogP contribution is 2.43. The predicted octanol–water partition coefficient (Wildman–Crippen LogP) is 4.59. The summed E-state index contributed by atoms with van der Waals surface area (Å²) >= 11 is 0. The topological polar surface area (TPSA) is 12.0 Å². The zero-order chi connectivity index (χ0) is 15.6. The Bertz CT molecular complexity index is 465. The van der Waals surface area contributed by atoms with Gasteiger partial charge in [0.05, 0.1) is 5.92 Å². The van der Waals surface area contributed by atoms with Crippen LogP contribution in [-0.4, -0.2) is 13.2 Å². The summed E-state index contributed by atoms with van der Waals surface area (Å²) in [4.78, 5) is 0. The van der Waals surface area contributed by atoms with E-state index in [1.165, 1.54) is 12.1 Å². The molecule has 0 aromatic heterocycles. The van der Waals surface area contributed by atoms with Crippen LogP contribution < -0.4 is 5.32 Å². The molecule has 0 aliphatic heterocycles. The summed E-state index contributed by atoms with van der Waals surface area (Å²) in [6.45, 7) is 0. The normalized spacial score (nSPS) is 24.9. The second-order valence-corrected chi connectivity index (χ2v) is 5.63. The molecule has 0 radical (unpaired) electrons. The highest BCUT2D eigenvalue weighted by molar-refractivity contribution is 5.22. The van der Waals surface area contributed by atoms with Crippen LogP contribution >= 0.6 is 0 Å². The number of hydrogen-bond acceptors (Lipinski definition) is 1. The average molecular weight is 307 g/mol. The van der Waals surface area contributed by atoms with Crippen LogP contribution in [0.1, 0.15) is 37.3 Å². The maximum atomic E-state index is 13.3. The summed E-state index contributed by atoms with van der Waals surface area (Å²) in [5.41, 5.74) is 0.364. The highest BCUT2D eigenvalue weighted by atomic mass is 19.4. The molecule has 118 valence electrons. The van der Waals surface area contributed by atoms with E-state index in [0.29, 0.717) is 18.4 Å². The van der Waals surface area contributed by atoms with E-state index >= 15 is 0 Å². The van der Waals surface area contributed by atoms with E-state index in [4.69, 9.17) is 0 Å². The molecule has 0 saturated heterocycles. The fourth-order valence-corrected chi connectivity index (χ4v) is 3.26. The minimum atomic E-state index is -4.20. The van der Waals surface area contributed by atoms with Crippen molar-refractivity contribution in [2.24, 2.45) is 11.8 Å². The van der Waals surface area contributed by atoms with Crippen LogP contribution in [0.5, 0.6) is 0 Å². The number of alkyl halides is 3. The summed E-state index contributed by atoms with van der Waals surface area (Å²) in [5, 5.41) is 2.91. The first-order valence-electron chi connectivity index (χ1n) is 7.01. The minimum Gasteiger partial charge on any atom is -0.313 e. The first-order chi connectivity index (χ1) is 9.81. The van der Waals surface area contributed by atoms with Crippen molar-refractivity contribution < 1.29 is 22.0 Å². The van der Waals surface area contributed by atoms with Crippen LogP contribution in [-0.2, 0) is 0 Å². The number of halogens is 5. The van der Waals surface area contributed by atoms with Gasteiger partial charge in [-0.15, -0.1) is 0 Å². The van der Waals surface area contributed by atoms with E-state index in [-0.39, 0.29) is 18.8 Å². The monoisotopic (exact) mass is 307 g/mol. The van der Waals surface area contributed by atoms with Gasteiger partial charge in [0.2, 0.25) is 0 Å². The van der Waals surface area contributed by atoms with E-state index in [1.54, 1.807) is 7.05 Å². The van der Waals surface area contributed by atoms with Crippen LogP contribution in [0.15, 0.2) is 18.2 Å². The molecule has 1 fully saturated rings. The molecule has 1 N–H and O–H groups in total. The molecule has 0 bridgehead atoms. The van der Waals surface area contributed by atoms with Crippen molar-refractivity contribution in [3.63, 3.8) is 0 Å². The lowest BCUT2D eigenvalue weighted by molar-refractivity contribution is -0.186. The third-order valence-corrected chi connectivity index (χ3v) is 4.20. The van der Waals surface area contributed by atoms with Gasteiger partial charge in [0.15, 0.2) is 0 Å². The molecule has 1 aromatic carbocycles. The van der Waals surface area contributed by atoms with Crippen molar-refractivity contribution in [2.45, 2.75) is 37.9 Å². The van der Waals surface area contributed by atoms with E-state index in [2.05, 4.69) is 5.32 Å². The molecule has 21 heavy (non-hydrogen) atoms. The summed E-state index contributed by atoms with van der Waals surface area (Å²) in [6.07, 6.45) is -2.98.